The molecule has 186 valence electrons. The molecule has 0 aliphatic carbocycles. The largest absolute Gasteiger partial charge is 0.373 e. The molecule has 1 N–H and O–H groups in total. The number of anilines is 2. The summed E-state index contributed by atoms with van der Waals surface area (Å²) in [4.78, 5) is 30.8. The number of carbonyl (C=O) groups excluding carboxylic acids is 1. The van der Waals surface area contributed by atoms with E-state index in [1.807, 2.05) is 69.3 Å². The van der Waals surface area contributed by atoms with Crippen LogP contribution in [-0.2, 0) is 21.6 Å². The maximum absolute atomic E-state index is 12.0. The van der Waals surface area contributed by atoms with Gasteiger partial charge in [0.2, 0.25) is 0 Å². The van der Waals surface area contributed by atoms with E-state index in [4.69, 9.17) is 19.7 Å². The molecule has 7 heteroatoms. The lowest BCUT2D eigenvalue weighted by Crippen LogP contribution is -2.26. The lowest BCUT2D eigenvalue weighted by atomic mass is 9.81. The zero-order chi connectivity index (χ0) is 25.9. The van der Waals surface area contributed by atoms with E-state index in [1.54, 1.807) is 13.1 Å². The number of ether oxygens (including phenoxy) is 1. The molecule has 1 aromatic carbocycles. The van der Waals surface area contributed by atoms with Gasteiger partial charge in [0.05, 0.1) is 16.8 Å². The Morgan fingerprint density at radius 2 is 1.78 bits per heavy atom. The number of nitrogens with one attached hydrogen (secondary N) is 1. The summed E-state index contributed by atoms with van der Waals surface area (Å²) in [7, 11) is 0. The van der Waals surface area contributed by atoms with Crippen molar-refractivity contribution in [3.8, 4) is 11.4 Å². The van der Waals surface area contributed by atoms with E-state index in [0.29, 0.717) is 36.4 Å². The van der Waals surface area contributed by atoms with Gasteiger partial charge in [0.1, 0.15) is 18.2 Å². The van der Waals surface area contributed by atoms with Crippen LogP contribution >= 0.6 is 0 Å². The third kappa shape index (κ3) is 5.57. The predicted octanol–water partition coefficient (Wildman–Crippen LogP) is 6.18. The Hall–Kier alpha value is -3.71. The molecule has 36 heavy (non-hydrogen) atoms. The van der Waals surface area contributed by atoms with Crippen molar-refractivity contribution in [3.05, 3.63) is 71.7 Å². The molecule has 4 rings (SSSR count). The molecular weight excluding hydrogens is 450 g/mol. The fraction of sp³-hybridized carbons (Fsp3) is 0.345. The number of rotatable bonds is 9. The molecule has 0 saturated heterocycles. The van der Waals surface area contributed by atoms with Crippen LogP contribution in [-0.4, -0.2) is 32.3 Å². The highest BCUT2D eigenvalue weighted by Gasteiger charge is 2.25. The Kier molecular flexibility index (Phi) is 7.40. The highest BCUT2D eigenvalue weighted by molar-refractivity contribution is 5.90. The third-order valence-corrected chi connectivity index (χ3v) is 6.29. The van der Waals surface area contributed by atoms with Crippen LogP contribution in [0.2, 0.25) is 0 Å². The van der Waals surface area contributed by atoms with Gasteiger partial charge in [-0.25, -0.2) is 15.0 Å². The summed E-state index contributed by atoms with van der Waals surface area (Å²) in [6, 6.07) is 15.7. The normalized spacial score (nSPS) is 11.8. The zero-order valence-corrected chi connectivity index (χ0v) is 21.8. The standard InChI is InChI=1S/C29H33N5O2/c1-18(2)16-36-17-25-33-27(31-22-11-9-21(10-12-22)29(5,6)20(4)35)23-13-14-24(32-28(23)34-25)26-19(3)8-7-15-30-26/h7-15,18H,16-17H2,1-6H3,(H,31,32,33,34). The minimum Gasteiger partial charge on any atom is -0.373 e. The maximum atomic E-state index is 12.0. The fourth-order valence-electron chi connectivity index (χ4n) is 3.80. The number of pyridine rings is 2. The molecule has 0 radical (unpaired) electrons. The quantitative estimate of drug-likeness (QED) is 0.304. The van der Waals surface area contributed by atoms with Crippen LogP contribution in [0.4, 0.5) is 11.5 Å². The molecule has 0 bridgehead atoms. The molecular formula is C29H33N5O2. The van der Waals surface area contributed by atoms with Gasteiger partial charge >= 0.3 is 0 Å². The third-order valence-electron chi connectivity index (χ3n) is 6.29. The monoisotopic (exact) mass is 483 g/mol. The van der Waals surface area contributed by atoms with Gasteiger partial charge in [-0.05, 0) is 75.1 Å². The second-order valence-corrected chi connectivity index (χ2v) is 10.0. The Labute approximate surface area is 212 Å². The van der Waals surface area contributed by atoms with Gasteiger partial charge in [-0.3, -0.25) is 9.78 Å². The van der Waals surface area contributed by atoms with Crippen LogP contribution in [0.15, 0.2) is 54.7 Å². The van der Waals surface area contributed by atoms with Crippen LogP contribution in [0.3, 0.4) is 0 Å². The number of ketones is 1. The number of hydrogen-bond donors (Lipinski definition) is 1. The topological polar surface area (TPSA) is 89.9 Å². The molecule has 4 aromatic rings. The van der Waals surface area contributed by atoms with Crippen molar-refractivity contribution in [2.45, 2.75) is 53.6 Å². The van der Waals surface area contributed by atoms with Crippen LogP contribution in [0.5, 0.6) is 0 Å². The van der Waals surface area contributed by atoms with Gasteiger partial charge in [0.25, 0.3) is 0 Å². The molecule has 3 heterocycles. The molecule has 0 aliphatic rings. The summed E-state index contributed by atoms with van der Waals surface area (Å²) < 4.78 is 5.82. The van der Waals surface area contributed by atoms with E-state index < -0.39 is 5.41 Å². The summed E-state index contributed by atoms with van der Waals surface area (Å²) in [6.45, 7) is 12.6. The average Bonchev–Trinajstić information content (AvgIpc) is 2.84. The fourth-order valence-corrected chi connectivity index (χ4v) is 3.80. The first-order chi connectivity index (χ1) is 17.1. The Morgan fingerprint density at radius 3 is 2.44 bits per heavy atom. The first-order valence-corrected chi connectivity index (χ1v) is 12.2. The van der Waals surface area contributed by atoms with E-state index >= 15 is 0 Å². The predicted molar refractivity (Wildman–Crippen MR) is 143 cm³/mol. The number of aromatic nitrogens is 4. The SMILES string of the molecule is CC(=O)C(C)(C)c1ccc(Nc2nc(COCC(C)C)nc3nc(-c4ncccc4C)ccc23)cc1. The van der Waals surface area contributed by atoms with Gasteiger partial charge < -0.3 is 10.1 Å². The van der Waals surface area contributed by atoms with E-state index in [-0.39, 0.29) is 5.78 Å². The van der Waals surface area contributed by atoms with Crippen molar-refractivity contribution in [1.29, 1.82) is 0 Å². The van der Waals surface area contributed by atoms with Crippen LogP contribution in [0, 0.1) is 12.8 Å². The van der Waals surface area contributed by atoms with E-state index in [1.165, 1.54) is 0 Å². The van der Waals surface area contributed by atoms with E-state index in [2.05, 4.69) is 24.1 Å². The molecule has 0 saturated carbocycles. The lowest BCUT2D eigenvalue weighted by Gasteiger charge is -2.22. The van der Waals surface area contributed by atoms with E-state index in [9.17, 15) is 4.79 Å². The van der Waals surface area contributed by atoms with Crippen molar-refractivity contribution in [2.24, 2.45) is 5.92 Å². The number of fused-ring (bicyclic) bond motifs is 1. The molecule has 0 fully saturated rings. The molecule has 0 aliphatic heterocycles. The minimum absolute atomic E-state index is 0.126. The Bertz CT molecular complexity index is 1380. The van der Waals surface area contributed by atoms with Crippen LogP contribution in [0.1, 0.15) is 51.6 Å². The number of aryl methyl sites for hydroxylation is 1. The molecule has 0 unspecified atom stereocenters. The smallest absolute Gasteiger partial charge is 0.165 e. The number of nitrogens with zero attached hydrogens (tertiary/aromatic N) is 4. The molecule has 0 amide bonds. The van der Waals surface area contributed by atoms with Crippen molar-refractivity contribution < 1.29 is 9.53 Å². The van der Waals surface area contributed by atoms with Crippen molar-refractivity contribution in [1.82, 2.24) is 19.9 Å². The first kappa shape index (κ1) is 25.4. The van der Waals surface area contributed by atoms with Crippen molar-refractivity contribution in [3.63, 3.8) is 0 Å². The van der Waals surface area contributed by atoms with Gasteiger partial charge in [0.15, 0.2) is 11.5 Å². The summed E-state index contributed by atoms with van der Waals surface area (Å²) in [5.41, 5.74) is 4.50. The van der Waals surface area contributed by atoms with Gasteiger partial charge in [0, 0.05) is 23.9 Å². The summed E-state index contributed by atoms with van der Waals surface area (Å²) in [6.07, 6.45) is 1.77. The number of Topliss-reactive ketones (excluding diaryl/α,β-unsaturated/α-hetero) is 1. The van der Waals surface area contributed by atoms with Crippen LogP contribution in [0.25, 0.3) is 22.4 Å². The first-order valence-electron chi connectivity index (χ1n) is 12.2. The van der Waals surface area contributed by atoms with Crippen LogP contribution < -0.4 is 5.32 Å². The second-order valence-electron chi connectivity index (χ2n) is 10.0. The highest BCUT2D eigenvalue weighted by atomic mass is 16.5. The summed E-state index contributed by atoms with van der Waals surface area (Å²) >= 11 is 0. The van der Waals surface area contributed by atoms with Gasteiger partial charge in [-0.15, -0.1) is 0 Å². The second kappa shape index (κ2) is 10.5. The lowest BCUT2D eigenvalue weighted by molar-refractivity contribution is -0.121. The molecule has 0 spiro atoms. The Morgan fingerprint density at radius 1 is 1.03 bits per heavy atom. The van der Waals surface area contributed by atoms with E-state index in [0.717, 1.165) is 33.6 Å². The van der Waals surface area contributed by atoms with Crippen molar-refractivity contribution in [2.75, 3.05) is 11.9 Å². The Balaban J connectivity index is 1.72. The molecule has 3 aromatic heterocycles. The van der Waals surface area contributed by atoms with Gasteiger partial charge in [-0.2, -0.15) is 0 Å². The number of hydrogen-bond acceptors (Lipinski definition) is 7. The molecule has 0 atom stereocenters. The summed E-state index contributed by atoms with van der Waals surface area (Å²) in [5, 5.41) is 4.22. The average molecular weight is 484 g/mol. The number of carbonyl (C=O) groups is 1. The zero-order valence-electron chi connectivity index (χ0n) is 21.8. The minimum atomic E-state index is -0.537. The highest BCUT2D eigenvalue weighted by Crippen LogP contribution is 2.29. The van der Waals surface area contributed by atoms with Gasteiger partial charge in [-0.1, -0.05) is 32.0 Å². The number of benzene rings is 1. The maximum Gasteiger partial charge on any atom is 0.165 e. The molecule has 7 nitrogen and oxygen atoms in total. The summed E-state index contributed by atoms with van der Waals surface area (Å²) in [5.74, 6) is 1.75. The van der Waals surface area contributed by atoms with Crippen molar-refractivity contribution >= 4 is 28.3 Å².